The number of esters is 1. The van der Waals surface area contributed by atoms with Gasteiger partial charge in [-0.2, -0.15) is 0 Å². The lowest BCUT2D eigenvalue weighted by molar-refractivity contribution is -0.153. The van der Waals surface area contributed by atoms with Crippen molar-refractivity contribution in [3.8, 4) is 0 Å². The molecule has 1 aromatic heterocycles. The van der Waals surface area contributed by atoms with Crippen LogP contribution in [0.4, 0.5) is 5.69 Å². The third-order valence-corrected chi connectivity index (χ3v) is 4.55. The van der Waals surface area contributed by atoms with E-state index in [1.807, 2.05) is 6.07 Å². The number of amides is 1. The molecule has 0 aliphatic carbocycles. The average Bonchev–Trinajstić information content (AvgIpc) is 2.68. The number of carbonyl (C=O) groups is 2. The van der Waals surface area contributed by atoms with Gasteiger partial charge in [0.25, 0.3) is 11.5 Å². The Bertz CT molecular complexity index is 1070. The SMILES string of the molecule is CC(OC(=O)CCn1cnc2ccc(Br)cc2c1=O)C(=O)Nc1ccccc1. The van der Waals surface area contributed by atoms with E-state index in [0.29, 0.717) is 16.6 Å². The van der Waals surface area contributed by atoms with Crippen molar-refractivity contribution in [1.29, 1.82) is 0 Å². The number of anilines is 1. The molecule has 1 unspecified atom stereocenters. The Hall–Kier alpha value is -3.00. The first kappa shape index (κ1) is 19.8. The molecule has 3 aromatic rings. The van der Waals surface area contributed by atoms with Crippen LogP contribution in [0.15, 0.2) is 64.1 Å². The van der Waals surface area contributed by atoms with Gasteiger partial charge in [-0.15, -0.1) is 0 Å². The third kappa shape index (κ3) is 4.83. The molecule has 144 valence electrons. The molecule has 28 heavy (non-hydrogen) atoms. The first-order valence-electron chi connectivity index (χ1n) is 8.64. The van der Waals surface area contributed by atoms with Crippen LogP contribution >= 0.6 is 15.9 Å². The highest BCUT2D eigenvalue weighted by Gasteiger charge is 2.18. The molecular weight excluding hydrogens is 426 g/mol. The van der Waals surface area contributed by atoms with E-state index in [1.165, 1.54) is 17.8 Å². The van der Waals surface area contributed by atoms with Gasteiger partial charge in [0.2, 0.25) is 0 Å². The zero-order valence-electron chi connectivity index (χ0n) is 15.1. The highest BCUT2D eigenvalue weighted by Crippen LogP contribution is 2.15. The molecule has 7 nitrogen and oxygen atoms in total. The van der Waals surface area contributed by atoms with Crippen molar-refractivity contribution < 1.29 is 14.3 Å². The summed E-state index contributed by atoms with van der Waals surface area (Å²) in [5.41, 5.74) is 0.961. The first-order chi connectivity index (χ1) is 13.4. The summed E-state index contributed by atoms with van der Waals surface area (Å²) < 4.78 is 7.28. The minimum absolute atomic E-state index is 0.0515. The van der Waals surface area contributed by atoms with Crippen LogP contribution in [-0.2, 0) is 20.9 Å². The summed E-state index contributed by atoms with van der Waals surface area (Å²) in [5, 5.41) is 3.13. The number of nitrogens with one attached hydrogen (secondary N) is 1. The van der Waals surface area contributed by atoms with Crippen molar-refractivity contribution in [2.24, 2.45) is 0 Å². The Labute approximate surface area is 169 Å². The van der Waals surface area contributed by atoms with Gasteiger partial charge < -0.3 is 10.1 Å². The average molecular weight is 444 g/mol. The van der Waals surface area contributed by atoms with Crippen LogP contribution in [0.25, 0.3) is 10.9 Å². The number of carbonyl (C=O) groups excluding carboxylic acids is 2. The zero-order valence-corrected chi connectivity index (χ0v) is 16.7. The van der Waals surface area contributed by atoms with Gasteiger partial charge >= 0.3 is 5.97 Å². The van der Waals surface area contributed by atoms with Gasteiger partial charge in [-0.25, -0.2) is 4.98 Å². The number of fused-ring (bicyclic) bond motifs is 1. The molecular formula is C20H18BrN3O4. The highest BCUT2D eigenvalue weighted by molar-refractivity contribution is 9.10. The predicted molar refractivity (Wildman–Crippen MR) is 109 cm³/mol. The van der Waals surface area contributed by atoms with Crippen molar-refractivity contribution in [2.75, 3.05) is 5.32 Å². The second-order valence-corrected chi connectivity index (χ2v) is 7.06. The van der Waals surface area contributed by atoms with E-state index in [1.54, 1.807) is 42.5 Å². The molecule has 0 saturated carbocycles. The minimum atomic E-state index is -0.949. The maximum Gasteiger partial charge on any atom is 0.308 e. The summed E-state index contributed by atoms with van der Waals surface area (Å²) in [4.78, 5) is 40.9. The number of ether oxygens (including phenoxy) is 1. The number of halogens is 1. The fourth-order valence-corrected chi connectivity index (χ4v) is 2.94. The molecule has 1 amide bonds. The number of para-hydroxylation sites is 1. The maximum absolute atomic E-state index is 12.5. The summed E-state index contributed by atoms with van der Waals surface area (Å²) in [7, 11) is 0. The Morgan fingerprint density at radius 2 is 1.96 bits per heavy atom. The van der Waals surface area contributed by atoms with Crippen LogP contribution in [0.3, 0.4) is 0 Å². The van der Waals surface area contributed by atoms with Crippen LogP contribution in [0.5, 0.6) is 0 Å². The third-order valence-electron chi connectivity index (χ3n) is 4.06. The Morgan fingerprint density at radius 1 is 1.21 bits per heavy atom. The zero-order chi connectivity index (χ0) is 20.1. The van der Waals surface area contributed by atoms with Crippen molar-refractivity contribution in [3.63, 3.8) is 0 Å². The Morgan fingerprint density at radius 3 is 2.71 bits per heavy atom. The monoisotopic (exact) mass is 443 g/mol. The topological polar surface area (TPSA) is 90.3 Å². The van der Waals surface area contributed by atoms with E-state index in [0.717, 1.165) is 4.47 Å². The van der Waals surface area contributed by atoms with Crippen LogP contribution in [0.1, 0.15) is 13.3 Å². The summed E-state index contributed by atoms with van der Waals surface area (Å²) in [6, 6.07) is 14.1. The van der Waals surface area contributed by atoms with Gasteiger partial charge in [0, 0.05) is 16.7 Å². The molecule has 2 aromatic carbocycles. The quantitative estimate of drug-likeness (QED) is 0.591. The van der Waals surface area contributed by atoms with Crippen molar-refractivity contribution >= 4 is 44.4 Å². The van der Waals surface area contributed by atoms with E-state index in [4.69, 9.17) is 4.74 Å². The predicted octanol–water partition coefficient (Wildman–Crippen LogP) is 3.12. The van der Waals surface area contributed by atoms with Gasteiger partial charge in [-0.3, -0.25) is 19.0 Å². The van der Waals surface area contributed by atoms with Crippen LogP contribution in [-0.4, -0.2) is 27.5 Å². The van der Waals surface area contributed by atoms with Crippen molar-refractivity contribution in [3.05, 3.63) is 69.7 Å². The fraction of sp³-hybridized carbons (Fsp3) is 0.200. The smallest absolute Gasteiger partial charge is 0.308 e. The molecule has 3 rings (SSSR count). The molecule has 0 saturated heterocycles. The number of benzene rings is 2. The maximum atomic E-state index is 12.5. The largest absolute Gasteiger partial charge is 0.452 e. The summed E-state index contributed by atoms with van der Waals surface area (Å²) >= 11 is 3.33. The van der Waals surface area contributed by atoms with Crippen LogP contribution in [0, 0.1) is 0 Å². The Balaban J connectivity index is 1.58. The number of aryl methyl sites for hydroxylation is 1. The standard InChI is InChI=1S/C20H18BrN3O4/c1-13(19(26)23-15-5-3-2-4-6-15)28-18(25)9-10-24-12-22-17-8-7-14(21)11-16(17)20(24)27/h2-8,11-13H,9-10H2,1H3,(H,23,26). The molecule has 0 aliphatic heterocycles. The first-order valence-corrected chi connectivity index (χ1v) is 9.43. The van der Waals surface area contributed by atoms with Gasteiger partial charge in [0.15, 0.2) is 6.10 Å². The molecule has 0 radical (unpaired) electrons. The lowest BCUT2D eigenvalue weighted by Gasteiger charge is -2.14. The second-order valence-electron chi connectivity index (χ2n) is 6.14. The number of nitrogens with zero attached hydrogens (tertiary/aromatic N) is 2. The van der Waals surface area contributed by atoms with E-state index >= 15 is 0 Å². The fourth-order valence-electron chi connectivity index (χ4n) is 2.58. The lowest BCUT2D eigenvalue weighted by atomic mass is 10.2. The molecule has 0 spiro atoms. The van der Waals surface area contributed by atoms with Crippen molar-refractivity contribution in [1.82, 2.24) is 9.55 Å². The lowest BCUT2D eigenvalue weighted by Crippen LogP contribution is -2.30. The van der Waals surface area contributed by atoms with Crippen LogP contribution < -0.4 is 10.9 Å². The molecule has 1 atom stereocenters. The normalized spacial score (nSPS) is 11.8. The minimum Gasteiger partial charge on any atom is -0.452 e. The number of hydrogen-bond acceptors (Lipinski definition) is 5. The van der Waals surface area contributed by atoms with Gasteiger partial charge in [-0.05, 0) is 37.3 Å². The molecule has 1 N–H and O–H groups in total. The molecule has 0 fully saturated rings. The second kappa shape index (κ2) is 8.79. The summed E-state index contributed by atoms with van der Waals surface area (Å²) in [6.45, 7) is 1.61. The van der Waals surface area contributed by atoms with Crippen molar-refractivity contribution in [2.45, 2.75) is 26.0 Å². The van der Waals surface area contributed by atoms with Crippen LogP contribution in [0.2, 0.25) is 0 Å². The van der Waals surface area contributed by atoms with E-state index in [9.17, 15) is 14.4 Å². The Kier molecular flexibility index (Phi) is 6.20. The van der Waals surface area contributed by atoms with E-state index in [-0.39, 0.29) is 18.5 Å². The molecule has 0 aliphatic rings. The van der Waals surface area contributed by atoms with Gasteiger partial charge in [-0.1, -0.05) is 34.1 Å². The van der Waals surface area contributed by atoms with Gasteiger partial charge in [0.1, 0.15) is 0 Å². The number of hydrogen-bond donors (Lipinski definition) is 1. The highest BCUT2D eigenvalue weighted by atomic mass is 79.9. The number of rotatable bonds is 6. The summed E-state index contributed by atoms with van der Waals surface area (Å²) in [6.07, 6.45) is 0.400. The molecule has 8 heteroatoms. The molecule has 0 bridgehead atoms. The summed E-state index contributed by atoms with van der Waals surface area (Å²) in [5.74, 6) is -0.995. The van der Waals surface area contributed by atoms with E-state index in [2.05, 4.69) is 26.2 Å². The van der Waals surface area contributed by atoms with E-state index < -0.39 is 18.0 Å². The number of aromatic nitrogens is 2. The molecule has 1 heterocycles. The van der Waals surface area contributed by atoms with Gasteiger partial charge in [0.05, 0.1) is 23.7 Å².